The van der Waals surface area contributed by atoms with Gasteiger partial charge in [-0.05, 0) is 37.8 Å². The lowest BCUT2D eigenvalue weighted by molar-refractivity contribution is -0.153. The summed E-state index contributed by atoms with van der Waals surface area (Å²) in [4.78, 5) is 28.7. The molecule has 0 radical (unpaired) electrons. The number of pyridine rings is 1. The minimum absolute atomic E-state index is 0.0708. The summed E-state index contributed by atoms with van der Waals surface area (Å²) in [6, 6.07) is 5.28. The number of rotatable bonds is 5. The molecular formula is C16H22N2O3. The molecule has 1 heterocycles. The van der Waals surface area contributed by atoms with E-state index in [1.165, 1.54) is 6.42 Å². The van der Waals surface area contributed by atoms with Gasteiger partial charge >= 0.3 is 5.97 Å². The molecule has 0 unspecified atom stereocenters. The first kappa shape index (κ1) is 15.5. The van der Waals surface area contributed by atoms with Crippen LogP contribution in [0.25, 0.3) is 0 Å². The standard InChI is InChI=1S/C16H22N2O3/c1-2-21-16(20)14(12-8-4-3-5-9-12)15(19)18-13-10-6-7-11-17-13/h6-7,10-12,14H,2-5,8-9H2,1H3,(H,17,18,19)/t14-/m0/s1. The molecule has 0 aromatic carbocycles. The fraction of sp³-hybridized carbons (Fsp3) is 0.562. The van der Waals surface area contributed by atoms with E-state index in [0.717, 1.165) is 25.7 Å². The molecule has 1 aliphatic carbocycles. The van der Waals surface area contributed by atoms with Crippen LogP contribution in [-0.4, -0.2) is 23.5 Å². The quantitative estimate of drug-likeness (QED) is 0.669. The summed E-state index contributed by atoms with van der Waals surface area (Å²) in [6.45, 7) is 2.05. The van der Waals surface area contributed by atoms with E-state index in [1.807, 2.05) is 0 Å². The zero-order chi connectivity index (χ0) is 15.1. The number of ether oxygens (including phenoxy) is 1. The average Bonchev–Trinajstić information content (AvgIpc) is 2.50. The molecular weight excluding hydrogens is 268 g/mol. The van der Waals surface area contributed by atoms with Gasteiger partial charge in [-0.15, -0.1) is 0 Å². The topological polar surface area (TPSA) is 68.3 Å². The molecule has 2 rings (SSSR count). The molecule has 1 N–H and O–H groups in total. The molecule has 0 spiro atoms. The van der Waals surface area contributed by atoms with Gasteiger partial charge in [0.15, 0.2) is 0 Å². The highest BCUT2D eigenvalue weighted by molar-refractivity contribution is 6.04. The van der Waals surface area contributed by atoms with Crippen molar-refractivity contribution in [3.05, 3.63) is 24.4 Å². The molecule has 114 valence electrons. The molecule has 5 heteroatoms. The highest BCUT2D eigenvalue weighted by atomic mass is 16.5. The zero-order valence-electron chi connectivity index (χ0n) is 12.4. The maximum atomic E-state index is 12.5. The molecule has 1 aromatic heterocycles. The molecule has 1 aromatic rings. The van der Waals surface area contributed by atoms with Crippen LogP contribution in [0.2, 0.25) is 0 Å². The van der Waals surface area contributed by atoms with E-state index in [-0.39, 0.29) is 11.8 Å². The van der Waals surface area contributed by atoms with Crippen LogP contribution >= 0.6 is 0 Å². The van der Waals surface area contributed by atoms with Gasteiger partial charge in [0.1, 0.15) is 11.7 Å². The summed E-state index contributed by atoms with van der Waals surface area (Å²) in [7, 11) is 0. The van der Waals surface area contributed by atoms with Crippen molar-refractivity contribution in [2.75, 3.05) is 11.9 Å². The van der Waals surface area contributed by atoms with Gasteiger partial charge < -0.3 is 10.1 Å². The van der Waals surface area contributed by atoms with Crippen molar-refractivity contribution in [1.82, 2.24) is 4.98 Å². The van der Waals surface area contributed by atoms with Crippen LogP contribution in [0, 0.1) is 11.8 Å². The molecule has 0 aliphatic heterocycles. The van der Waals surface area contributed by atoms with Crippen LogP contribution in [0.5, 0.6) is 0 Å². The molecule has 1 fully saturated rings. The van der Waals surface area contributed by atoms with Crippen molar-refractivity contribution >= 4 is 17.7 Å². The second-order valence-electron chi connectivity index (χ2n) is 5.33. The fourth-order valence-electron chi connectivity index (χ4n) is 2.85. The smallest absolute Gasteiger partial charge is 0.318 e. The molecule has 21 heavy (non-hydrogen) atoms. The van der Waals surface area contributed by atoms with Crippen molar-refractivity contribution in [3.8, 4) is 0 Å². The lowest BCUT2D eigenvalue weighted by Crippen LogP contribution is -2.38. The van der Waals surface area contributed by atoms with E-state index in [9.17, 15) is 9.59 Å². The first-order valence-electron chi connectivity index (χ1n) is 7.61. The Kier molecular flexibility index (Phi) is 5.72. The highest BCUT2D eigenvalue weighted by Crippen LogP contribution is 2.31. The van der Waals surface area contributed by atoms with E-state index in [0.29, 0.717) is 12.4 Å². The number of amides is 1. The number of hydrogen-bond donors (Lipinski definition) is 1. The molecule has 1 saturated carbocycles. The normalized spacial score (nSPS) is 17.0. The Bertz CT molecular complexity index is 470. The maximum Gasteiger partial charge on any atom is 0.318 e. The molecule has 0 saturated heterocycles. The van der Waals surface area contributed by atoms with E-state index >= 15 is 0 Å². The van der Waals surface area contributed by atoms with Gasteiger partial charge in [-0.25, -0.2) is 4.98 Å². The monoisotopic (exact) mass is 290 g/mol. The van der Waals surface area contributed by atoms with Gasteiger partial charge in [-0.2, -0.15) is 0 Å². The number of nitrogens with zero attached hydrogens (tertiary/aromatic N) is 1. The van der Waals surface area contributed by atoms with Crippen LogP contribution in [0.4, 0.5) is 5.82 Å². The Labute approximate surface area is 125 Å². The van der Waals surface area contributed by atoms with Crippen LogP contribution in [0.3, 0.4) is 0 Å². The van der Waals surface area contributed by atoms with Crippen LogP contribution in [0.15, 0.2) is 24.4 Å². The van der Waals surface area contributed by atoms with Gasteiger partial charge in [0.25, 0.3) is 0 Å². The maximum absolute atomic E-state index is 12.5. The number of anilines is 1. The molecule has 1 atom stereocenters. The van der Waals surface area contributed by atoms with Crippen molar-refractivity contribution in [3.63, 3.8) is 0 Å². The number of nitrogens with one attached hydrogen (secondary N) is 1. The summed E-state index contributed by atoms with van der Waals surface area (Å²) in [5, 5.41) is 2.73. The van der Waals surface area contributed by atoms with Gasteiger partial charge in [-0.3, -0.25) is 9.59 Å². The summed E-state index contributed by atoms with van der Waals surface area (Å²) in [5.41, 5.74) is 0. The van der Waals surface area contributed by atoms with Gasteiger partial charge in [0, 0.05) is 6.20 Å². The summed E-state index contributed by atoms with van der Waals surface area (Å²) in [6.07, 6.45) is 6.72. The van der Waals surface area contributed by atoms with E-state index < -0.39 is 11.9 Å². The van der Waals surface area contributed by atoms with E-state index in [2.05, 4.69) is 10.3 Å². The Morgan fingerprint density at radius 2 is 2.10 bits per heavy atom. The number of carbonyl (C=O) groups is 2. The molecule has 1 amide bonds. The molecule has 0 bridgehead atoms. The SMILES string of the molecule is CCOC(=O)[C@H](C(=O)Nc1ccccn1)C1CCCCC1. The van der Waals surface area contributed by atoms with Crippen molar-refractivity contribution in [2.24, 2.45) is 11.8 Å². The third-order valence-corrected chi connectivity index (χ3v) is 3.86. The van der Waals surface area contributed by atoms with Gasteiger partial charge in [0.2, 0.25) is 5.91 Å². The fourth-order valence-corrected chi connectivity index (χ4v) is 2.85. The van der Waals surface area contributed by atoms with Crippen LogP contribution < -0.4 is 5.32 Å². The number of carbonyl (C=O) groups excluding carboxylic acids is 2. The number of esters is 1. The first-order chi connectivity index (χ1) is 10.2. The van der Waals surface area contributed by atoms with Crippen LogP contribution in [0.1, 0.15) is 39.0 Å². The third-order valence-electron chi connectivity index (χ3n) is 3.86. The van der Waals surface area contributed by atoms with Crippen LogP contribution in [-0.2, 0) is 14.3 Å². The predicted molar refractivity (Wildman–Crippen MR) is 79.6 cm³/mol. The Hall–Kier alpha value is -1.91. The summed E-state index contributed by atoms with van der Waals surface area (Å²) in [5.74, 6) is -0.918. The highest BCUT2D eigenvalue weighted by Gasteiger charge is 2.36. The van der Waals surface area contributed by atoms with Gasteiger partial charge in [-0.1, -0.05) is 25.3 Å². The summed E-state index contributed by atoms with van der Waals surface area (Å²) >= 11 is 0. The van der Waals surface area contributed by atoms with E-state index in [4.69, 9.17) is 4.74 Å². The minimum atomic E-state index is -0.729. The molecule has 1 aliphatic rings. The van der Waals surface area contributed by atoms with Gasteiger partial charge in [0.05, 0.1) is 6.61 Å². The Morgan fingerprint density at radius 1 is 1.33 bits per heavy atom. The van der Waals surface area contributed by atoms with Crippen molar-refractivity contribution < 1.29 is 14.3 Å². The lowest BCUT2D eigenvalue weighted by Gasteiger charge is -2.27. The zero-order valence-corrected chi connectivity index (χ0v) is 12.4. The third kappa shape index (κ3) is 4.28. The largest absolute Gasteiger partial charge is 0.465 e. The number of aromatic nitrogens is 1. The Morgan fingerprint density at radius 3 is 2.71 bits per heavy atom. The second-order valence-corrected chi connectivity index (χ2v) is 5.33. The second kappa shape index (κ2) is 7.76. The molecule has 5 nitrogen and oxygen atoms in total. The summed E-state index contributed by atoms with van der Waals surface area (Å²) < 4.78 is 5.10. The van der Waals surface area contributed by atoms with Crippen molar-refractivity contribution in [2.45, 2.75) is 39.0 Å². The average molecular weight is 290 g/mol. The van der Waals surface area contributed by atoms with E-state index in [1.54, 1.807) is 31.3 Å². The Balaban J connectivity index is 2.09. The first-order valence-corrected chi connectivity index (χ1v) is 7.61. The minimum Gasteiger partial charge on any atom is -0.465 e. The van der Waals surface area contributed by atoms with Crippen molar-refractivity contribution in [1.29, 1.82) is 0 Å². The predicted octanol–water partition coefficient (Wildman–Crippen LogP) is 2.78. The number of hydrogen-bond acceptors (Lipinski definition) is 4. The lowest BCUT2D eigenvalue weighted by atomic mass is 9.79.